The number of nitrogens with two attached hydrogens (primary N) is 1. The Morgan fingerprint density at radius 2 is 1.07 bits per heavy atom. The van der Waals surface area contributed by atoms with Crippen molar-refractivity contribution in [3.05, 3.63) is 137 Å². The zero-order chi connectivity index (χ0) is 47.6. The molecule has 0 bridgehead atoms. The van der Waals surface area contributed by atoms with Gasteiger partial charge in [-0.1, -0.05) is 39.5 Å². The smallest absolute Gasteiger partial charge is 0.227 e. The lowest BCUT2D eigenvalue weighted by molar-refractivity contribution is -0.129. The molecule has 0 radical (unpaired) electrons. The van der Waals surface area contributed by atoms with Gasteiger partial charge in [0.05, 0.1) is 11.0 Å². The van der Waals surface area contributed by atoms with E-state index in [1.165, 1.54) is 23.3 Å². The van der Waals surface area contributed by atoms with E-state index >= 15 is 0 Å². The number of halogens is 3. The summed E-state index contributed by atoms with van der Waals surface area (Å²) in [5.74, 6) is 9.51. The number of anilines is 1. The fraction of sp³-hybridized carbons (Fsp3) is 0.404. The molecule has 4 fully saturated rings. The molecule has 4 aliphatic rings. The Kier molecular flexibility index (Phi) is 13.9. The number of terminal acetylenes is 2. The molecule has 8 atom stereocenters. The topological polar surface area (TPSA) is 112 Å². The Hall–Kier alpha value is -6.03. The van der Waals surface area contributed by atoms with Crippen molar-refractivity contribution in [2.75, 3.05) is 5.73 Å². The van der Waals surface area contributed by atoms with Crippen LogP contribution in [0.5, 0.6) is 0 Å². The van der Waals surface area contributed by atoms with Gasteiger partial charge in [-0.05, 0) is 194 Å². The number of fused-ring (bicyclic) bond motifs is 4. The van der Waals surface area contributed by atoms with Gasteiger partial charge in [-0.3, -0.25) is 24.5 Å². The van der Waals surface area contributed by atoms with Crippen LogP contribution in [0.15, 0.2) is 97.6 Å². The molecule has 344 valence electrons. The van der Waals surface area contributed by atoms with Crippen molar-refractivity contribution >= 4 is 50.3 Å². The Labute approximate surface area is 398 Å². The van der Waals surface area contributed by atoms with Crippen molar-refractivity contribution in [2.24, 2.45) is 46.3 Å². The van der Waals surface area contributed by atoms with E-state index in [0.717, 1.165) is 90.0 Å². The number of Topliss-reactive ketones (excluding diaryl/α,β-unsaturated/α-hetero) is 1. The van der Waals surface area contributed by atoms with Gasteiger partial charge in [0.25, 0.3) is 0 Å². The predicted molar refractivity (Wildman–Crippen MR) is 263 cm³/mol. The van der Waals surface area contributed by atoms with E-state index in [0.29, 0.717) is 59.6 Å². The van der Waals surface area contributed by atoms with Gasteiger partial charge in [0.15, 0.2) is 0 Å². The number of nitrogens with zero attached hydrogens (tertiary/aromatic N) is 4. The first kappa shape index (κ1) is 47.5. The molecule has 4 unspecified atom stereocenters. The highest BCUT2D eigenvalue weighted by Crippen LogP contribution is 2.58. The number of benzene rings is 2. The van der Waals surface area contributed by atoms with Crippen LogP contribution < -0.4 is 5.73 Å². The minimum absolute atomic E-state index is 0.206. The first-order valence-corrected chi connectivity index (χ1v) is 23.8. The summed E-state index contributed by atoms with van der Waals surface area (Å²) in [7, 11) is 0. The van der Waals surface area contributed by atoms with Crippen LogP contribution in [0.2, 0.25) is 0 Å². The highest BCUT2D eigenvalue weighted by atomic mass is 35.5. The second-order valence-corrected chi connectivity index (χ2v) is 20.8. The summed E-state index contributed by atoms with van der Waals surface area (Å²) in [6.45, 7) is 8.16. The normalized spacial score (nSPS) is 24.1. The molecule has 0 amide bonds. The number of hydrogen-bond acceptors (Lipinski definition) is 7. The van der Waals surface area contributed by atoms with Crippen LogP contribution in [0.1, 0.15) is 119 Å². The van der Waals surface area contributed by atoms with Crippen LogP contribution in [0, 0.1) is 82.7 Å². The second kappa shape index (κ2) is 19.7. The molecule has 10 rings (SSSR count). The molecule has 6 aromatic rings. The summed E-state index contributed by atoms with van der Waals surface area (Å²) in [6.07, 6.45) is 26.5. The van der Waals surface area contributed by atoms with E-state index in [1.54, 1.807) is 48.8 Å². The molecule has 2 aromatic carbocycles. The summed E-state index contributed by atoms with van der Waals surface area (Å²) in [4.78, 5) is 41.9. The molecule has 4 aliphatic carbocycles. The van der Waals surface area contributed by atoms with Crippen molar-refractivity contribution < 1.29 is 18.4 Å². The van der Waals surface area contributed by atoms with Crippen LogP contribution in [0.3, 0.4) is 0 Å². The van der Waals surface area contributed by atoms with Crippen LogP contribution in [-0.2, 0) is 16.0 Å². The number of aromatic nitrogens is 4. The molecule has 10 heteroatoms. The maximum atomic E-state index is 13.9. The highest BCUT2D eigenvalue weighted by molar-refractivity contribution is 6.64. The van der Waals surface area contributed by atoms with Gasteiger partial charge in [0.2, 0.25) is 5.24 Å². The quantitative estimate of drug-likeness (QED) is 0.120. The average Bonchev–Trinajstić information content (AvgIpc) is 4.11. The number of pyridine rings is 4. The van der Waals surface area contributed by atoms with Crippen LogP contribution in [0.4, 0.5) is 14.6 Å². The van der Waals surface area contributed by atoms with E-state index in [-0.39, 0.29) is 28.1 Å². The van der Waals surface area contributed by atoms with Gasteiger partial charge in [-0.25, -0.2) is 13.8 Å². The molecular formula is C57H58ClF2N5O2. The SMILES string of the molecule is C#Cc1ccc(CC(=O)C(C)(C)C2C[C@H]3CC(c4ccnc5ccc(F)cc45)C[C@H]3C2)nc1.C#Cc1ccc(N)nc1.CC(C)(C(=O)Cl)C1C[C@H]2CC(c3ccnc4ccc(F)cc34)C[C@H]2C1. The van der Waals surface area contributed by atoms with Crippen molar-refractivity contribution in [1.82, 2.24) is 19.9 Å². The summed E-state index contributed by atoms with van der Waals surface area (Å²) in [5.41, 5.74) is 10.9. The second-order valence-electron chi connectivity index (χ2n) is 20.5. The lowest BCUT2D eigenvalue weighted by atomic mass is 9.72. The molecule has 4 saturated carbocycles. The minimum atomic E-state index is -0.437. The lowest BCUT2D eigenvalue weighted by Gasteiger charge is -2.31. The van der Waals surface area contributed by atoms with Gasteiger partial charge in [-0.2, -0.15) is 0 Å². The molecule has 2 N–H and O–H groups in total. The summed E-state index contributed by atoms with van der Waals surface area (Å²) >= 11 is 5.83. The number of hydrogen-bond donors (Lipinski definition) is 1. The van der Waals surface area contributed by atoms with Crippen molar-refractivity contribution in [3.63, 3.8) is 0 Å². The zero-order valence-corrected chi connectivity index (χ0v) is 39.4. The minimum Gasteiger partial charge on any atom is -0.384 e. The average molecular weight is 919 g/mol. The monoisotopic (exact) mass is 917 g/mol. The number of carbonyl (C=O) groups excluding carboxylic acids is 2. The maximum Gasteiger partial charge on any atom is 0.227 e. The standard InChI is InChI=1S/C29H29FN2O.C21H23ClFNO.C7H6N2/c1-4-18-5-7-24(32-17-18)16-28(33)29(2,3)22-13-19-11-21(12-20(19)14-22)25-9-10-31-27-8-6-23(30)15-26(25)27;1-21(2,20(22)25)15-9-12-7-14(8-13(12)10-15)17-5-6-24-19-4-3-16(23)11-18(17)19;1-2-6-3-4-7(8)9-5-6/h1,5-10,15,17,19-22H,11-14,16H2,2-3H3;3-6,11-15H,7-10H2,1-2H3;1,3-5H,(H2,8,9)/t19-,20+,21?,22?;12-,13+,14?,15?;. The summed E-state index contributed by atoms with van der Waals surface area (Å²) in [5, 5.41) is 1.67. The van der Waals surface area contributed by atoms with E-state index in [1.807, 2.05) is 38.4 Å². The molecule has 0 spiro atoms. The number of ketones is 1. The third-order valence-electron chi connectivity index (χ3n) is 15.9. The number of rotatable bonds is 8. The molecule has 0 saturated heterocycles. The van der Waals surface area contributed by atoms with Crippen molar-refractivity contribution in [3.8, 4) is 24.7 Å². The van der Waals surface area contributed by atoms with Gasteiger partial charge in [-0.15, -0.1) is 12.8 Å². The van der Waals surface area contributed by atoms with Gasteiger partial charge >= 0.3 is 0 Å². The molecule has 67 heavy (non-hydrogen) atoms. The van der Waals surface area contributed by atoms with Crippen LogP contribution >= 0.6 is 11.6 Å². The maximum absolute atomic E-state index is 13.9. The first-order chi connectivity index (χ1) is 32.0. The molecule has 4 heterocycles. The largest absolute Gasteiger partial charge is 0.384 e. The highest BCUT2D eigenvalue weighted by Gasteiger charge is 2.50. The lowest BCUT2D eigenvalue weighted by Crippen LogP contribution is -2.33. The van der Waals surface area contributed by atoms with Crippen LogP contribution in [-0.4, -0.2) is 31.0 Å². The summed E-state index contributed by atoms with van der Waals surface area (Å²) < 4.78 is 27.6. The predicted octanol–water partition coefficient (Wildman–Crippen LogP) is 12.4. The Morgan fingerprint density at radius 3 is 1.48 bits per heavy atom. The van der Waals surface area contributed by atoms with E-state index in [9.17, 15) is 18.4 Å². The molecule has 7 nitrogen and oxygen atoms in total. The Balaban J connectivity index is 0.000000157. The van der Waals surface area contributed by atoms with Gasteiger partial charge < -0.3 is 5.73 Å². The third-order valence-corrected chi connectivity index (χ3v) is 16.4. The Morgan fingerprint density at radius 1 is 0.627 bits per heavy atom. The van der Waals surface area contributed by atoms with E-state index in [4.69, 9.17) is 30.2 Å². The van der Waals surface area contributed by atoms with Crippen molar-refractivity contribution in [1.29, 1.82) is 0 Å². The summed E-state index contributed by atoms with van der Waals surface area (Å²) in [6, 6.07) is 21.0. The van der Waals surface area contributed by atoms with E-state index < -0.39 is 5.41 Å². The fourth-order valence-electron chi connectivity index (χ4n) is 11.8. The Bertz CT molecular complexity index is 2840. The first-order valence-electron chi connectivity index (χ1n) is 23.4. The number of nitrogen functional groups attached to an aromatic ring is 1. The van der Waals surface area contributed by atoms with Gasteiger partial charge in [0.1, 0.15) is 23.2 Å². The van der Waals surface area contributed by atoms with Gasteiger partial charge in [0, 0.05) is 69.6 Å². The third kappa shape index (κ3) is 10.3. The molecular weight excluding hydrogens is 860 g/mol. The van der Waals surface area contributed by atoms with E-state index in [2.05, 4.69) is 57.8 Å². The molecule has 0 aliphatic heterocycles. The molecule has 4 aromatic heterocycles. The fourth-order valence-corrected chi connectivity index (χ4v) is 12.0. The zero-order valence-electron chi connectivity index (χ0n) is 38.7. The van der Waals surface area contributed by atoms with Crippen LogP contribution in [0.25, 0.3) is 21.8 Å². The number of carbonyl (C=O) groups is 2. The van der Waals surface area contributed by atoms with Crippen molar-refractivity contribution in [2.45, 2.75) is 97.3 Å².